The monoisotopic (exact) mass is 476 g/mol. The second-order valence-corrected chi connectivity index (χ2v) is 8.58. The number of ether oxygens (including phenoxy) is 1. The largest absolute Gasteiger partial charge is 0.465 e. The molecule has 0 bridgehead atoms. The Balaban J connectivity index is 1.53. The summed E-state index contributed by atoms with van der Waals surface area (Å²) < 4.78 is 7.56. The number of amides is 1. The minimum Gasteiger partial charge on any atom is -0.465 e. The molecule has 172 valence electrons. The molecule has 2 aromatic heterocycles. The molecule has 4 aromatic rings. The maximum absolute atomic E-state index is 12.5. The summed E-state index contributed by atoms with van der Waals surface area (Å²) in [5.74, 6) is -0.815. The minimum absolute atomic E-state index is 0.0252. The number of nitrogens with one attached hydrogen (secondary N) is 1. The zero-order valence-electron chi connectivity index (χ0n) is 18.6. The van der Waals surface area contributed by atoms with Crippen molar-refractivity contribution in [3.63, 3.8) is 0 Å². The number of benzene rings is 2. The van der Waals surface area contributed by atoms with Crippen molar-refractivity contribution in [2.45, 2.75) is 13.8 Å². The van der Waals surface area contributed by atoms with Crippen molar-refractivity contribution < 1.29 is 19.2 Å². The van der Waals surface area contributed by atoms with Crippen LogP contribution in [0.25, 0.3) is 15.8 Å². The van der Waals surface area contributed by atoms with E-state index in [-0.39, 0.29) is 5.69 Å². The molecule has 0 aliphatic heterocycles. The quantitative estimate of drug-likeness (QED) is 0.186. The van der Waals surface area contributed by atoms with Crippen LogP contribution in [0.15, 0.2) is 59.7 Å². The van der Waals surface area contributed by atoms with Gasteiger partial charge in [-0.3, -0.25) is 14.9 Å². The molecule has 0 atom stereocenters. The van der Waals surface area contributed by atoms with Crippen LogP contribution < -0.4 is 5.43 Å². The average Bonchev–Trinajstić information content (AvgIpc) is 3.38. The number of hydrogen-bond acceptors (Lipinski definition) is 7. The molecule has 4 rings (SSSR count). The van der Waals surface area contributed by atoms with E-state index < -0.39 is 16.8 Å². The lowest BCUT2D eigenvalue weighted by Crippen LogP contribution is -2.16. The first-order chi connectivity index (χ1) is 16.3. The molecular weight excluding hydrogens is 456 g/mol. The molecule has 2 aromatic carbocycles. The number of non-ortho nitro benzene ring substituents is 1. The minimum atomic E-state index is -0.469. The number of nitrogens with zero attached hydrogens (tertiary/aromatic N) is 3. The predicted octanol–water partition coefficient (Wildman–Crippen LogP) is 4.77. The summed E-state index contributed by atoms with van der Waals surface area (Å²) in [5.41, 5.74) is 6.35. The summed E-state index contributed by atoms with van der Waals surface area (Å²) in [6.07, 6.45) is 1.55. The number of hydrogen-bond donors (Lipinski definition) is 1. The van der Waals surface area contributed by atoms with Gasteiger partial charge in [0.1, 0.15) is 0 Å². The number of aryl methyl sites for hydroxylation is 1. The van der Waals surface area contributed by atoms with Crippen LogP contribution in [0.3, 0.4) is 0 Å². The summed E-state index contributed by atoms with van der Waals surface area (Å²) in [6.45, 7) is 3.85. The van der Waals surface area contributed by atoms with Crippen molar-refractivity contribution in [3.8, 4) is 5.69 Å². The number of thiophene rings is 1. The van der Waals surface area contributed by atoms with Gasteiger partial charge in [0.15, 0.2) is 0 Å². The lowest BCUT2D eigenvalue weighted by atomic mass is 10.2. The molecule has 1 N–H and O–H groups in total. The fourth-order valence-corrected chi connectivity index (χ4v) is 4.61. The van der Waals surface area contributed by atoms with E-state index in [1.165, 1.54) is 30.6 Å². The Morgan fingerprint density at radius 1 is 1.15 bits per heavy atom. The van der Waals surface area contributed by atoms with Gasteiger partial charge in [0.25, 0.3) is 11.6 Å². The molecule has 0 fully saturated rings. The fraction of sp³-hybridized carbons (Fsp3) is 0.125. The van der Waals surface area contributed by atoms with Crippen LogP contribution in [0.2, 0.25) is 0 Å². The molecule has 0 unspecified atom stereocenters. The van der Waals surface area contributed by atoms with Gasteiger partial charge in [0.05, 0.1) is 28.7 Å². The maximum atomic E-state index is 12.5. The number of hydrazone groups is 1. The third-order valence-corrected chi connectivity index (χ3v) is 6.41. The van der Waals surface area contributed by atoms with Gasteiger partial charge in [0, 0.05) is 44.9 Å². The number of rotatable bonds is 6. The first kappa shape index (κ1) is 22.9. The first-order valence-corrected chi connectivity index (χ1v) is 11.0. The van der Waals surface area contributed by atoms with E-state index in [9.17, 15) is 19.7 Å². The van der Waals surface area contributed by atoms with E-state index in [2.05, 4.69) is 10.5 Å². The van der Waals surface area contributed by atoms with E-state index in [4.69, 9.17) is 4.74 Å². The van der Waals surface area contributed by atoms with Crippen LogP contribution in [0.1, 0.15) is 37.0 Å². The Bertz CT molecular complexity index is 1470. The van der Waals surface area contributed by atoms with Crippen molar-refractivity contribution in [2.24, 2.45) is 5.10 Å². The second-order valence-electron chi connectivity index (χ2n) is 7.49. The van der Waals surface area contributed by atoms with Crippen LogP contribution in [0.4, 0.5) is 5.69 Å². The molecule has 2 heterocycles. The number of carbonyl (C=O) groups is 2. The highest BCUT2D eigenvalue weighted by atomic mass is 32.1. The summed E-state index contributed by atoms with van der Waals surface area (Å²) in [6, 6.07) is 15.1. The molecule has 1 amide bonds. The van der Waals surface area contributed by atoms with Gasteiger partial charge in [-0.15, -0.1) is 11.3 Å². The van der Waals surface area contributed by atoms with Gasteiger partial charge in [-0.05, 0) is 50.2 Å². The number of methoxy groups -OCH3 is 1. The number of carbonyl (C=O) groups excluding carboxylic acids is 2. The van der Waals surface area contributed by atoms with Crippen LogP contribution >= 0.6 is 11.3 Å². The average molecular weight is 477 g/mol. The number of nitro benzene ring substituents is 1. The number of nitro groups is 1. The smallest absolute Gasteiger partial charge is 0.337 e. The van der Waals surface area contributed by atoms with Gasteiger partial charge in [0.2, 0.25) is 0 Å². The molecule has 0 saturated heterocycles. The Hall–Kier alpha value is -4.31. The predicted molar refractivity (Wildman–Crippen MR) is 130 cm³/mol. The molecule has 0 radical (unpaired) electrons. The van der Waals surface area contributed by atoms with Crippen molar-refractivity contribution in [3.05, 3.63) is 92.1 Å². The van der Waals surface area contributed by atoms with Crippen LogP contribution in [-0.4, -0.2) is 34.7 Å². The molecule has 34 heavy (non-hydrogen) atoms. The normalized spacial score (nSPS) is 11.1. The number of aromatic nitrogens is 1. The SMILES string of the molecule is COC(=O)c1cccc(-n2c(C)cc(/C=N\NC(=O)c3cc4cc([N+](=O)[O-])ccc4s3)c2C)c1. The standard InChI is InChI=1S/C24H20N4O5S/c1-14-9-18(15(2)27(14)19-6-4-5-16(10-19)24(30)33-3)13-25-26-23(29)22-12-17-11-20(28(31)32)7-8-21(17)34-22/h4-13H,1-3H3,(H,26,29)/b25-13-. The zero-order valence-corrected chi connectivity index (χ0v) is 19.4. The second kappa shape index (κ2) is 9.28. The maximum Gasteiger partial charge on any atom is 0.337 e. The van der Waals surface area contributed by atoms with Crippen molar-refractivity contribution in [2.75, 3.05) is 7.11 Å². The zero-order chi connectivity index (χ0) is 24.4. The molecular formula is C24H20N4O5S. The van der Waals surface area contributed by atoms with E-state index in [0.717, 1.165) is 27.3 Å². The topological polar surface area (TPSA) is 116 Å². The van der Waals surface area contributed by atoms with E-state index in [0.29, 0.717) is 15.8 Å². The Kier molecular flexibility index (Phi) is 6.24. The molecule has 0 spiro atoms. The first-order valence-electron chi connectivity index (χ1n) is 10.2. The van der Waals surface area contributed by atoms with Crippen molar-refractivity contribution in [1.82, 2.24) is 9.99 Å². The fourth-order valence-electron chi connectivity index (χ4n) is 3.68. The molecule has 10 heteroatoms. The van der Waals surface area contributed by atoms with E-state index in [1.54, 1.807) is 36.5 Å². The highest BCUT2D eigenvalue weighted by Gasteiger charge is 2.14. The summed E-state index contributed by atoms with van der Waals surface area (Å²) >= 11 is 1.23. The van der Waals surface area contributed by atoms with Crippen LogP contribution in [-0.2, 0) is 4.74 Å². The van der Waals surface area contributed by atoms with Crippen molar-refractivity contribution in [1.29, 1.82) is 0 Å². The van der Waals surface area contributed by atoms with Crippen LogP contribution in [0.5, 0.6) is 0 Å². The van der Waals surface area contributed by atoms with Crippen LogP contribution in [0, 0.1) is 24.0 Å². The van der Waals surface area contributed by atoms with Gasteiger partial charge in [-0.2, -0.15) is 5.10 Å². The Labute approximate surface area is 198 Å². The molecule has 9 nitrogen and oxygen atoms in total. The lowest BCUT2D eigenvalue weighted by molar-refractivity contribution is -0.384. The highest BCUT2D eigenvalue weighted by Crippen LogP contribution is 2.29. The molecule has 0 aliphatic rings. The molecule has 0 saturated carbocycles. The van der Waals surface area contributed by atoms with E-state index >= 15 is 0 Å². The van der Waals surface area contributed by atoms with Gasteiger partial charge in [-0.25, -0.2) is 10.2 Å². The Morgan fingerprint density at radius 2 is 1.94 bits per heavy atom. The van der Waals surface area contributed by atoms with Gasteiger partial charge < -0.3 is 9.30 Å². The van der Waals surface area contributed by atoms with Crippen molar-refractivity contribution >= 4 is 45.2 Å². The van der Waals surface area contributed by atoms with E-state index in [1.807, 2.05) is 30.5 Å². The van der Waals surface area contributed by atoms with Gasteiger partial charge in [-0.1, -0.05) is 6.07 Å². The number of fused-ring (bicyclic) bond motifs is 1. The summed E-state index contributed by atoms with van der Waals surface area (Å²) in [7, 11) is 1.34. The number of esters is 1. The molecule has 0 aliphatic carbocycles. The third kappa shape index (κ3) is 4.44. The third-order valence-electron chi connectivity index (χ3n) is 5.30. The van der Waals surface area contributed by atoms with Gasteiger partial charge >= 0.3 is 5.97 Å². The summed E-state index contributed by atoms with van der Waals surface area (Å²) in [4.78, 5) is 35.3. The summed E-state index contributed by atoms with van der Waals surface area (Å²) in [5, 5.41) is 15.7. The Morgan fingerprint density at radius 3 is 2.68 bits per heavy atom. The highest BCUT2D eigenvalue weighted by molar-refractivity contribution is 7.20. The lowest BCUT2D eigenvalue weighted by Gasteiger charge is -2.10.